The molecule has 1 aliphatic rings. The highest BCUT2D eigenvalue weighted by atomic mass is 16.6. The Morgan fingerprint density at radius 1 is 1.03 bits per heavy atom. The third-order valence-electron chi connectivity index (χ3n) is 5.93. The lowest BCUT2D eigenvalue weighted by Gasteiger charge is -2.31. The maximum Gasteiger partial charge on any atom is 0.400 e. The number of para-hydroxylation sites is 2. The van der Waals surface area contributed by atoms with Crippen LogP contribution in [-0.2, 0) is 6.54 Å². The van der Waals surface area contributed by atoms with Crippen LogP contribution in [0.3, 0.4) is 0 Å². The van der Waals surface area contributed by atoms with Crippen molar-refractivity contribution in [3.05, 3.63) is 54.4 Å². The van der Waals surface area contributed by atoms with Crippen LogP contribution in [0.15, 0.2) is 52.9 Å². The van der Waals surface area contributed by atoms with Crippen molar-refractivity contribution in [1.82, 2.24) is 30.1 Å². The van der Waals surface area contributed by atoms with Crippen molar-refractivity contribution in [3.63, 3.8) is 0 Å². The number of nitriles is 1. The van der Waals surface area contributed by atoms with E-state index in [9.17, 15) is 0 Å². The van der Waals surface area contributed by atoms with Crippen molar-refractivity contribution in [2.45, 2.75) is 31.7 Å². The van der Waals surface area contributed by atoms with Gasteiger partial charge in [-0.15, -0.1) is 5.10 Å². The van der Waals surface area contributed by atoms with E-state index in [2.05, 4.69) is 31.5 Å². The molecule has 0 aliphatic carbocycles. The number of oxazole rings is 1. The van der Waals surface area contributed by atoms with E-state index < -0.39 is 0 Å². The Labute approximate surface area is 196 Å². The first-order valence-electron chi connectivity index (χ1n) is 11.4. The summed E-state index contributed by atoms with van der Waals surface area (Å²) in [7, 11) is 0. The molecule has 0 N–H and O–H groups in total. The zero-order valence-corrected chi connectivity index (χ0v) is 18.7. The number of piperidine rings is 1. The standard InChI is InChI=1S/C24H25N7O3/c25-12-3-13-31-23(27-28-29-31)18-10-14-30(15-11-18)16-17-32-19-6-8-20(9-7-19)33-24-26-21-4-1-2-5-22(21)34-24/h1-2,4-9,18H,3,10-11,13-17H2. The molecule has 3 heterocycles. The zero-order valence-electron chi connectivity index (χ0n) is 18.7. The molecule has 5 rings (SSSR count). The largest absolute Gasteiger partial charge is 0.492 e. The van der Waals surface area contributed by atoms with Crippen LogP contribution in [0.5, 0.6) is 17.6 Å². The summed E-state index contributed by atoms with van der Waals surface area (Å²) >= 11 is 0. The SMILES string of the molecule is N#CCCn1nnnc1C1CCN(CCOc2ccc(Oc3nc4ccccc4o3)cc2)CC1. The molecule has 0 saturated carbocycles. The van der Waals surface area contributed by atoms with Gasteiger partial charge in [0.05, 0.1) is 19.0 Å². The van der Waals surface area contributed by atoms with Crippen LogP contribution >= 0.6 is 0 Å². The smallest absolute Gasteiger partial charge is 0.400 e. The van der Waals surface area contributed by atoms with Crippen molar-refractivity contribution >= 4 is 11.1 Å². The summed E-state index contributed by atoms with van der Waals surface area (Å²) in [5, 5.41) is 20.8. The van der Waals surface area contributed by atoms with E-state index in [0.29, 0.717) is 36.8 Å². The van der Waals surface area contributed by atoms with Gasteiger partial charge in [-0.25, -0.2) is 4.68 Å². The molecule has 0 bridgehead atoms. The van der Waals surface area contributed by atoms with Gasteiger partial charge in [-0.1, -0.05) is 12.1 Å². The molecule has 0 unspecified atom stereocenters. The summed E-state index contributed by atoms with van der Waals surface area (Å²) in [5.41, 5.74) is 1.46. The normalized spacial score (nSPS) is 14.8. The Kier molecular flexibility index (Phi) is 6.63. The number of aromatic nitrogens is 5. The summed E-state index contributed by atoms with van der Waals surface area (Å²) < 4.78 is 19.0. The fraction of sp³-hybridized carbons (Fsp3) is 0.375. The number of likely N-dealkylation sites (tertiary alicyclic amines) is 1. The number of fused-ring (bicyclic) bond motifs is 1. The zero-order chi connectivity index (χ0) is 23.2. The maximum atomic E-state index is 8.80. The number of ether oxygens (including phenoxy) is 2. The van der Waals surface area contributed by atoms with Gasteiger partial charge in [-0.3, -0.25) is 4.90 Å². The van der Waals surface area contributed by atoms with E-state index in [1.54, 1.807) is 4.68 Å². The number of hydrogen-bond donors (Lipinski definition) is 0. The van der Waals surface area contributed by atoms with Gasteiger partial charge in [0.1, 0.15) is 23.6 Å². The number of aryl methyl sites for hydroxylation is 1. The first kappa shape index (κ1) is 21.9. The Bertz CT molecular complexity index is 1220. The predicted octanol–water partition coefficient (Wildman–Crippen LogP) is 3.78. The van der Waals surface area contributed by atoms with Crippen LogP contribution in [0, 0.1) is 11.3 Å². The van der Waals surface area contributed by atoms with Crippen molar-refractivity contribution in [1.29, 1.82) is 5.26 Å². The summed E-state index contributed by atoms with van der Waals surface area (Å²) in [5.74, 6) is 2.65. The van der Waals surface area contributed by atoms with Gasteiger partial charge in [-0.2, -0.15) is 10.2 Å². The first-order valence-corrected chi connectivity index (χ1v) is 11.4. The highest BCUT2D eigenvalue weighted by Crippen LogP contribution is 2.28. The van der Waals surface area contributed by atoms with Crippen molar-refractivity contribution in [2.75, 3.05) is 26.2 Å². The van der Waals surface area contributed by atoms with Crippen molar-refractivity contribution in [3.8, 4) is 23.6 Å². The van der Waals surface area contributed by atoms with Crippen LogP contribution in [0.2, 0.25) is 0 Å². The Morgan fingerprint density at radius 2 is 1.82 bits per heavy atom. The minimum absolute atomic E-state index is 0.220. The van der Waals surface area contributed by atoms with Gasteiger partial charge in [0.15, 0.2) is 11.4 Å². The monoisotopic (exact) mass is 459 g/mol. The fourth-order valence-electron chi connectivity index (χ4n) is 4.13. The Hall–Kier alpha value is -3.97. The molecule has 2 aromatic carbocycles. The van der Waals surface area contributed by atoms with Crippen LogP contribution in [0.1, 0.15) is 31.0 Å². The second kappa shape index (κ2) is 10.3. The molecule has 0 spiro atoms. The van der Waals surface area contributed by atoms with Crippen molar-refractivity contribution in [2.24, 2.45) is 0 Å². The Balaban J connectivity index is 1.05. The van der Waals surface area contributed by atoms with Gasteiger partial charge in [0.25, 0.3) is 0 Å². The van der Waals surface area contributed by atoms with Gasteiger partial charge in [0.2, 0.25) is 0 Å². The lowest BCUT2D eigenvalue weighted by molar-refractivity contribution is 0.170. The molecule has 1 fully saturated rings. The summed E-state index contributed by atoms with van der Waals surface area (Å²) in [4.78, 5) is 6.71. The maximum absolute atomic E-state index is 8.80. The third-order valence-corrected chi connectivity index (χ3v) is 5.93. The molecule has 2 aromatic heterocycles. The lowest BCUT2D eigenvalue weighted by atomic mass is 9.96. The number of tetrazole rings is 1. The molecule has 0 atom stereocenters. The van der Waals surface area contributed by atoms with E-state index in [1.807, 2.05) is 48.5 Å². The van der Waals surface area contributed by atoms with E-state index >= 15 is 0 Å². The molecular formula is C24H25N7O3. The number of benzene rings is 2. The molecule has 1 saturated heterocycles. The highest BCUT2D eigenvalue weighted by Gasteiger charge is 2.25. The van der Waals surface area contributed by atoms with Crippen LogP contribution in [0.4, 0.5) is 0 Å². The predicted molar refractivity (Wildman–Crippen MR) is 122 cm³/mol. The summed E-state index contributed by atoms with van der Waals surface area (Å²) in [6, 6.07) is 17.1. The van der Waals surface area contributed by atoms with Crippen LogP contribution in [0.25, 0.3) is 11.1 Å². The minimum atomic E-state index is 0.220. The lowest BCUT2D eigenvalue weighted by Crippen LogP contribution is -2.36. The molecule has 174 valence electrons. The van der Waals surface area contributed by atoms with Crippen molar-refractivity contribution < 1.29 is 13.9 Å². The van der Waals surface area contributed by atoms with Crippen LogP contribution in [-0.4, -0.2) is 56.3 Å². The number of rotatable bonds is 9. The van der Waals surface area contributed by atoms with Gasteiger partial charge >= 0.3 is 6.08 Å². The number of nitrogens with zero attached hydrogens (tertiary/aromatic N) is 7. The average molecular weight is 460 g/mol. The molecule has 10 heteroatoms. The van der Waals surface area contributed by atoms with E-state index in [4.69, 9.17) is 19.2 Å². The average Bonchev–Trinajstić information content (AvgIpc) is 3.51. The van der Waals surface area contributed by atoms with Gasteiger partial charge in [-0.05, 0) is 72.8 Å². The van der Waals surface area contributed by atoms with Gasteiger partial charge in [0, 0.05) is 12.5 Å². The Morgan fingerprint density at radius 3 is 2.62 bits per heavy atom. The molecule has 4 aromatic rings. The molecule has 34 heavy (non-hydrogen) atoms. The van der Waals surface area contributed by atoms with Gasteiger partial charge < -0.3 is 13.9 Å². The summed E-state index contributed by atoms with van der Waals surface area (Å²) in [6.45, 7) is 3.95. The van der Waals surface area contributed by atoms with E-state index in [0.717, 1.165) is 49.6 Å². The minimum Gasteiger partial charge on any atom is -0.492 e. The third kappa shape index (κ3) is 5.15. The number of hydrogen-bond acceptors (Lipinski definition) is 9. The quantitative estimate of drug-likeness (QED) is 0.369. The highest BCUT2D eigenvalue weighted by molar-refractivity contribution is 5.72. The molecule has 1 aliphatic heterocycles. The summed E-state index contributed by atoms with van der Waals surface area (Å²) in [6.07, 6.45) is 2.62. The molecule has 10 nitrogen and oxygen atoms in total. The first-order chi connectivity index (χ1) is 16.8. The molecule has 0 radical (unpaired) electrons. The molecular weight excluding hydrogens is 434 g/mol. The second-order valence-electron chi connectivity index (χ2n) is 8.15. The van der Waals surface area contributed by atoms with E-state index in [-0.39, 0.29) is 6.08 Å². The van der Waals surface area contributed by atoms with Crippen LogP contribution < -0.4 is 9.47 Å². The molecule has 0 amide bonds. The van der Waals surface area contributed by atoms with E-state index in [1.165, 1.54) is 0 Å². The fourth-order valence-corrected chi connectivity index (χ4v) is 4.13. The topological polar surface area (TPSA) is 115 Å². The second-order valence-corrected chi connectivity index (χ2v) is 8.15.